The van der Waals surface area contributed by atoms with Crippen LogP contribution < -0.4 is 5.32 Å². The molecule has 2 nitrogen and oxygen atoms in total. The van der Waals surface area contributed by atoms with Gasteiger partial charge in [0.25, 0.3) is 0 Å². The highest BCUT2D eigenvalue weighted by molar-refractivity contribution is 5.29. The molecule has 2 atom stereocenters. The molecule has 0 aliphatic carbocycles. The molecule has 1 heterocycles. The minimum absolute atomic E-state index is 0.0374. The minimum atomic E-state index is -0.176. The van der Waals surface area contributed by atoms with Crippen molar-refractivity contribution in [2.45, 2.75) is 33.3 Å². The van der Waals surface area contributed by atoms with Gasteiger partial charge in [-0.2, -0.15) is 0 Å². The first-order valence-electron chi connectivity index (χ1n) is 7.16. The summed E-state index contributed by atoms with van der Waals surface area (Å²) in [6.07, 6.45) is 1.08. The van der Waals surface area contributed by atoms with E-state index in [9.17, 15) is 4.39 Å². The Morgan fingerprint density at radius 2 is 2.21 bits per heavy atom. The third-order valence-electron chi connectivity index (χ3n) is 3.72. The lowest BCUT2D eigenvalue weighted by atomic mass is 9.92. The first-order valence-corrected chi connectivity index (χ1v) is 7.16. The molecule has 3 heteroatoms. The molecule has 2 unspecified atom stereocenters. The van der Waals surface area contributed by atoms with E-state index in [1.165, 1.54) is 6.07 Å². The third-order valence-corrected chi connectivity index (χ3v) is 3.72. The standard InChI is InChI=1S/C16H24FNO/c1-11(2)9-18-10-13-6-7-19-16(13)15-8-14(17)5-4-12(15)3/h4-5,8,11,13,16,18H,6-7,9-10H2,1-3H3. The van der Waals surface area contributed by atoms with Gasteiger partial charge in [-0.1, -0.05) is 19.9 Å². The normalized spacial score (nSPS) is 23.2. The Morgan fingerprint density at radius 3 is 2.95 bits per heavy atom. The molecule has 1 aliphatic heterocycles. The van der Waals surface area contributed by atoms with Crippen LogP contribution in [0.3, 0.4) is 0 Å². The second-order valence-electron chi connectivity index (χ2n) is 5.89. The van der Waals surface area contributed by atoms with E-state index in [4.69, 9.17) is 4.74 Å². The molecule has 0 amide bonds. The smallest absolute Gasteiger partial charge is 0.123 e. The molecular weight excluding hydrogens is 241 g/mol. The van der Waals surface area contributed by atoms with E-state index in [2.05, 4.69) is 19.2 Å². The molecule has 1 saturated heterocycles. The molecule has 0 spiro atoms. The predicted molar refractivity (Wildman–Crippen MR) is 75.6 cm³/mol. The van der Waals surface area contributed by atoms with Crippen molar-refractivity contribution < 1.29 is 9.13 Å². The SMILES string of the molecule is Cc1ccc(F)cc1C1OCCC1CNCC(C)C. The number of aryl methyl sites for hydroxylation is 1. The molecule has 1 N–H and O–H groups in total. The van der Waals surface area contributed by atoms with Gasteiger partial charge in [-0.15, -0.1) is 0 Å². The molecule has 0 bridgehead atoms. The van der Waals surface area contributed by atoms with Crippen molar-refractivity contribution in [1.29, 1.82) is 0 Å². The molecule has 1 fully saturated rings. The lowest BCUT2D eigenvalue weighted by Crippen LogP contribution is -2.28. The van der Waals surface area contributed by atoms with Crippen molar-refractivity contribution in [1.82, 2.24) is 5.32 Å². The van der Waals surface area contributed by atoms with E-state index in [1.54, 1.807) is 6.07 Å². The summed E-state index contributed by atoms with van der Waals surface area (Å²) >= 11 is 0. The maximum atomic E-state index is 13.4. The molecule has 19 heavy (non-hydrogen) atoms. The van der Waals surface area contributed by atoms with Crippen LogP contribution in [0.4, 0.5) is 4.39 Å². The largest absolute Gasteiger partial charge is 0.373 e. The van der Waals surface area contributed by atoms with Gasteiger partial charge in [0, 0.05) is 19.1 Å². The van der Waals surface area contributed by atoms with Gasteiger partial charge in [-0.3, -0.25) is 0 Å². The van der Waals surface area contributed by atoms with Crippen molar-refractivity contribution in [3.63, 3.8) is 0 Å². The predicted octanol–water partition coefficient (Wildman–Crippen LogP) is 3.46. The lowest BCUT2D eigenvalue weighted by molar-refractivity contribution is 0.0896. The van der Waals surface area contributed by atoms with E-state index in [1.807, 2.05) is 13.0 Å². The third kappa shape index (κ3) is 3.77. The molecule has 2 rings (SSSR count). The summed E-state index contributed by atoms with van der Waals surface area (Å²) in [5.74, 6) is 0.918. The summed E-state index contributed by atoms with van der Waals surface area (Å²) in [6.45, 7) is 9.16. The minimum Gasteiger partial charge on any atom is -0.373 e. The van der Waals surface area contributed by atoms with E-state index >= 15 is 0 Å². The van der Waals surface area contributed by atoms with Crippen LogP contribution in [0.15, 0.2) is 18.2 Å². The highest BCUT2D eigenvalue weighted by atomic mass is 19.1. The maximum Gasteiger partial charge on any atom is 0.123 e. The Bertz CT molecular complexity index is 419. The van der Waals surface area contributed by atoms with Gasteiger partial charge in [0.1, 0.15) is 5.82 Å². The number of rotatable bonds is 5. The fourth-order valence-electron chi connectivity index (χ4n) is 2.66. The Kier molecular flexibility index (Phi) is 4.94. The highest BCUT2D eigenvalue weighted by Crippen LogP contribution is 2.35. The molecule has 0 saturated carbocycles. The van der Waals surface area contributed by atoms with E-state index in [-0.39, 0.29) is 11.9 Å². The van der Waals surface area contributed by atoms with E-state index in [0.717, 1.165) is 37.2 Å². The molecule has 1 aromatic rings. The van der Waals surface area contributed by atoms with Crippen molar-refractivity contribution in [2.24, 2.45) is 11.8 Å². The Balaban J connectivity index is 2.03. The number of ether oxygens (including phenoxy) is 1. The van der Waals surface area contributed by atoms with Crippen molar-refractivity contribution in [3.8, 4) is 0 Å². The molecular formula is C16H24FNO. The van der Waals surface area contributed by atoms with Crippen molar-refractivity contribution >= 4 is 0 Å². The first-order chi connectivity index (χ1) is 9.08. The van der Waals surface area contributed by atoms with Gasteiger partial charge in [-0.05, 0) is 49.1 Å². The van der Waals surface area contributed by atoms with Crippen LogP contribution in [0.1, 0.15) is 37.5 Å². The summed E-state index contributed by atoms with van der Waals surface area (Å²) in [5, 5.41) is 3.49. The summed E-state index contributed by atoms with van der Waals surface area (Å²) in [5.41, 5.74) is 2.12. The van der Waals surface area contributed by atoms with Crippen LogP contribution >= 0.6 is 0 Å². The molecule has 0 aromatic heterocycles. The average Bonchev–Trinajstić information content (AvgIpc) is 2.80. The quantitative estimate of drug-likeness (QED) is 0.880. The average molecular weight is 265 g/mol. The van der Waals surface area contributed by atoms with E-state index in [0.29, 0.717) is 11.8 Å². The second kappa shape index (κ2) is 6.49. The zero-order valence-electron chi connectivity index (χ0n) is 12.1. The fraction of sp³-hybridized carbons (Fsp3) is 0.625. The summed E-state index contributed by atoms with van der Waals surface area (Å²) in [7, 11) is 0. The van der Waals surface area contributed by atoms with Crippen molar-refractivity contribution in [2.75, 3.05) is 19.7 Å². The number of hydrogen-bond donors (Lipinski definition) is 1. The Hall–Kier alpha value is -0.930. The topological polar surface area (TPSA) is 21.3 Å². The van der Waals surface area contributed by atoms with Crippen LogP contribution in [-0.4, -0.2) is 19.7 Å². The van der Waals surface area contributed by atoms with Crippen LogP contribution in [0, 0.1) is 24.6 Å². The second-order valence-corrected chi connectivity index (χ2v) is 5.89. The van der Waals surface area contributed by atoms with Crippen LogP contribution in [-0.2, 0) is 4.74 Å². The monoisotopic (exact) mass is 265 g/mol. The van der Waals surface area contributed by atoms with Gasteiger partial charge in [-0.25, -0.2) is 4.39 Å². The summed E-state index contributed by atoms with van der Waals surface area (Å²) in [4.78, 5) is 0. The highest BCUT2D eigenvalue weighted by Gasteiger charge is 2.30. The zero-order valence-corrected chi connectivity index (χ0v) is 12.1. The Labute approximate surface area is 115 Å². The van der Waals surface area contributed by atoms with Crippen LogP contribution in [0.25, 0.3) is 0 Å². The van der Waals surface area contributed by atoms with E-state index < -0.39 is 0 Å². The summed E-state index contributed by atoms with van der Waals surface area (Å²) in [6, 6.07) is 4.98. The van der Waals surface area contributed by atoms with Crippen LogP contribution in [0.2, 0.25) is 0 Å². The Morgan fingerprint density at radius 1 is 1.42 bits per heavy atom. The summed E-state index contributed by atoms with van der Waals surface area (Å²) < 4.78 is 19.3. The van der Waals surface area contributed by atoms with Gasteiger partial charge in [0.15, 0.2) is 0 Å². The number of benzene rings is 1. The zero-order chi connectivity index (χ0) is 13.8. The molecule has 1 aromatic carbocycles. The van der Waals surface area contributed by atoms with Crippen molar-refractivity contribution in [3.05, 3.63) is 35.1 Å². The maximum absolute atomic E-state index is 13.4. The van der Waals surface area contributed by atoms with Gasteiger partial charge >= 0.3 is 0 Å². The first kappa shape index (κ1) is 14.5. The molecule has 1 aliphatic rings. The lowest BCUT2D eigenvalue weighted by Gasteiger charge is -2.21. The number of halogens is 1. The number of nitrogens with one attached hydrogen (secondary N) is 1. The fourth-order valence-corrected chi connectivity index (χ4v) is 2.66. The van der Waals surface area contributed by atoms with Gasteiger partial charge < -0.3 is 10.1 Å². The van der Waals surface area contributed by atoms with Crippen LogP contribution in [0.5, 0.6) is 0 Å². The van der Waals surface area contributed by atoms with Gasteiger partial charge in [0.2, 0.25) is 0 Å². The molecule has 0 radical (unpaired) electrons. The van der Waals surface area contributed by atoms with Gasteiger partial charge in [0.05, 0.1) is 6.10 Å². The molecule has 106 valence electrons. The number of hydrogen-bond acceptors (Lipinski definition) is 2.